The summed E-state index contributed by atoms with van der Waals surface area (Å²) in [6.45, 7) is 41.5. The van der Waals surface area contributed by atoms with Crippen molar-refractivity contribution in [3.63, 3.8) is 0 Å². The van der Waals surface area contributed by atoms with Crippen LogP contribution in [-0.2, 0) is 37.3 Å². The van der Waals surface area contributed by atoms with Gasteiger partial charge in [0.15, 0.2) is 34.0 Å². The van der Waals surface area contributed by atoms with Crippen LogP contribution in [0.4, 0.5) is 0 Å². The number of ether oxygens (including phenoxy) is 6. The molecule has 0 saturated carbocycles. The quantitative estimate of drug-likeness (QED) is 0.145. The maximum atomic E-state index is 6.99. The lowest BCUT2D eigenvalue weighted by atomic mass is 9.94. The van der Waals surface area contributed by atoms with Crippen molar-refractivity contribution in [3.05, 3.63) is 0 Å². The second-order valence-electron chi connectivity index (χ2n) is 19.1. The van der Waals surface area contributed by atoms with E-state index in [0.29, 0.717) is 46.5 Å². The highest BCUT2D eigenvalue weighted by atomic mass is 28.4. The Kier molecular flexibility index (Phi) is 15.4. The van der Waals surface area contributed by atoms with E-state index in [2.05, 4.69) is 83.1 Å². The Morgan fingerprint density at radius 3 is 0.820 bits per heavy atom. The minimum atomic E-state index is -2.01. The average molecular weight is 745 g/mol. The summed E-state index contributed by atoms with van der Waals surface area (Å²) in [6.07, 6.45) is 3.94. The Bertz CT molecular complexity index is 921. The normalized spacial score (nSPS) is 30.7. The molecule has 3 fully saturated rings. The lowest BCUT2D eigenvalue weighted by molar-refractivity contribution is -0.336. The molecule has 0 aromatic rings. The van der Waals surface area contributed by atoms with E-state index in [1.165, 1.54) is 0 Å². The topological polar surface area (TPSA) is 73.8 Å². The molecule has 6 atom stereocenters. The fourth-order valence-electron chi connectivity index (χ4n) is 10.5. The van der Waals surface area contributed by atoms with Gasteiger partial charge in [-0.05, 0) is 74.8 Å². The molecule has 3 aliphatic heterocycles. The van der Waals surface area contributed by atoms with Gasteiger partial charge in [0.2, 0.25) is 0 Å². The summed E-state index contributed by atoms with van der Waals surface area (Å²) in [6, 6.07) is 0. The monoisotopic (exact) mass is 745 g/mol. The molecule has 3 heterocycles. The summed E-state index contributed by atoms with van der Waals surface area (Å²) < 4.78 is 53.1. The van der Waals surface area contributed by atoms with E-state index in [4.69, 9.17) is 37.3 Å². The second kappa shape index (κ2) is 17.3. The Hall–Kier alpha value is 0.114. The first kappa shape index (κ1) is 44.5. The Labute approximate surface area is 310 Å². The third kappa shape index (κ3) is 11.1. The third-order valence-corrected chi connectivity index (χ3v) is 23.9. The molecule has 0 N–H and O–H groups in total. The van der Waals surface area contributed by atoms with Gasteiger partial charge in [-0.2, -0.15) is 0 Å². The van der Waals surface area contributed by atoms with Crippen LogP contribution in [0, 0.1) is 0 Å². The molecule has 0 amide bonds. The van der Waals surface area contributed by atoms with Crippen LogP contribution in [0.1, 0.15) is 157 Å². The van der Waals surface area contributed by atoms with Gasteiger partial charge in [0.1, 0.15) is 0 Å². The molecule has 50 heavy (non-hydrogen) atoms. The summed E-state index contributed by atoms with van der Waals surface area (Å²) in [4.78, 5) is 0. The van der Waals surface area contributed by atoms with Gasteiger partial charge in [-0.3, -0.25) is 0 Å². The largest absolute Gasteiger partial charge is 0.413 e. The molecule has 10 heteroatoms. The van der Waals surface area contributed by atoms with Crippen LogP contribution in [0.25, 0.3) is 0 Å². The summed E-state index contributed by atoms with van der Waals surface area (Å²) >= 11 is 0. The molecule has 0 radical (unpaired) electrons. The van der Waals surface area contributed by atoms with Gasteiger partial charge in [-0.1, -0.05) is 83.1 Å². The molecule has 0 spiro atoms. The molecule has 8 nitrogen and oxygen atoms in total. The first-order valence-electron chi connectivity index (χ1n) is 20.2. The molecular formula is C40H80O8Si2. The van der Waals surface area contributed by atoms with Gasteiger partial charge in [-0.15, -0.1) is 0 Å². The van der Waals surface area contributed by atoms with Gasteiger partial charge >= 0.3 is 0 Å². The Balaban J connectivity index is 1.68. The van der Waals surface area contributed by atoms with Crippen molar-refractivity contribution in [1.29, 1.82) is 0 Å². The highest BCUT2D eigenvalue weighted by Crippen LogP contribution is 2.45. The predicted molar refractivity (Wildman–Crippen MR) is 209 cm³/mol. The maximum Gasteiger partial charge on any atom is 0.200 e. The van der Waals surface area contributed by atoms with E-state index in [1.54, 1.807) is 0 Å². The number of hydrogen-bond acceptors (Lipinski definition) is 8. The SMILES string of the molecule is CC(C)[Si](OC[C@@H]1C[C@H](C[C@H]2C[C@@H](C[C@H]3C[C@@H](CO[Si](C(C)C)(C(C)C)C(C)C)OC(C)(C)O3)OC(C)(C)O2)OC(C)(C)O1)(C(C)C)C(C)C. The Morgan fingerprint density at radius 1 is 0.400 bits per heavy atom. The lowest BCUT2D eigenvalue weighted by Crippen LogP contribution is -2.53. The van der Waals surface area contributed by atoms with Crippen LogP contribution in [0.15, 0.2) is 0 Å². The van der Waals surface area contributed by atoms with Crippen molar-refractivity contribution in [3.8, 4) is 0 Å². The molecule has 0 bridgehead atoms. The summed E-state index contributed by atoms with van der Waals surface area (Å²) in [5.41, 5.74) is 3.19. The smallest absolute Gasteiger partial charge is 0.200 e. The number of hydrogen-bond donors (Lipinski definition) is 0. The lowest BCUT2D eigenvalue weighted by Gasteiger charge is -2.48. The van der Waals surface area contributed by atoms with E-state index >= 15 is 0 Å². The highest BCUT2D eigenvalue weighted by molar-refractivity contribution is 6.78. The van der Waals surface area contributed by atoms with Crippen LogP contribution in [-0.4, -0.2) is 83.8 Å². The summed E-state index contributed by atoms with van der Waals surface area (Å²) in [7, 11) is -4.01. The van der Waals surface area contributed by atoms with Crippen molar-refractivity contribution < 1.29 is 37.3 Å². The highest BCUT2D eigenvalue weighted by Gasteiger charge is 2.49. The first-order chi connectivity index (χ1) is 22.8. The average Bonchev–Trinajstić information content (AvgIpc) is 2.89. The Morgan fingerprint density at radius 2 is 0.600 bits per heavy atom. The molecule has 3 saturated heterocycles. The van der Waals surface area contributed by atoms with Crippen molar-refractivity contribution in [2.45, 2.75) is 244 Å². The molecule has 3 rings (SSSR count). The van der Waals surface area contributed by atoms with Crippen molar-refractivity contribution in [1.82, 2.24) is 0 Å². The van der Waals surface area contributed by atoms with Crippen molar-refractivity contribution in [2.75, 3.05) is 13.2 Å². The zero-order valence-electron chi connectivity index (χ0n) is 35.6. The van der Waals surface area contributed by atoms with Crippen molar-refractivity contribution in [2.24, 2.45) is 0 Å². The van der Waals surface area contributed by atoms with Gasteiger partial charge in [-0.25, -0.2) is 0 Å². The maximum absolute atomic E-state index is 6.99. The number of rotatable bonds is 16. The van der Waals surface area contributed by atoms with Gasteiger partial charge in [0.05, 0.1) is 49.8 Å². The minimum Gasteiger partial charge on any atom is -0.413 e. The molecular weight excluding hydrogens is 665 g/mol. The standard InChI is InChI=1S/C40H80O8Si2/c1-26(2)49(27(3)4,28(5)6)41-24-36-22-34(45-39(15,16)47-36)20-32-19-33(44-38(13,14)43-32)21-35-23-37(48-40(17,18)46-35)25-42-50(29(7)8,30(9)10)31(11)12/h26-37H,19-25H2,1-18H3/t32-,33+,34-,35-,36-,37-/m0/s1. The van der Waals surface area contributed by atoms with E-state index in [9.17, 15) is 0 Å². The van der Waals surface area contributed by atoms with E-state index in [1.807, 2.05) is 41.5 Å². The molecule has 3 aliphatic rings. The second-order valence-corrected chi connectivity index (χ2v) is 30.0. The zero-order valence-corrected chi connectivity index (χ0v) is 37.6. The van der Waals surface area contributed by atoms with Crippen LogP contribution >= 0.6 is 0 Å². The molecule has 296 valence electrons. The van der Waals surface area contributed by atoms with E-state index in [0.717, 1.165) is 32.1 Å². The minimum absolute atomic E-state index is 0.00130. The van der Waals surface area contributed by atoms with Crippen LogP contribution in [0.3, 0.4) is 0 Å². The summed E-state index contributed by atoms with van der Waals surface area (Å²) in [5, 5.41) is 0. The third-order valence-electron chi connectivity index (χ3n) is 11.8. The van der Waals surface area contributed by atoms with Gasteiger partial charge in [0.25, 0.3) is 0 Å². The molecule has 0 unspecified atom stereocenters. The predicted octanol–water partition coefficient (Wildman–Crippen LogP) is 10.9. The zero-order chi connectivity index (χ0) is 38.0. The fraction of sp³-hybridized carbons (Fsp3) is 1.00. The van der Waals surface area contributed by atoms with Crippen LogP contribution in [0.5, 0.6) is 0 Å². The summed E-state index contributed by atoms with van der Waals surface area (Å²) in [5.74, 6) is -2.07. The molecule has 0 aromatic heterocycles. The van der Waals surface area contributed by atoms with Crippen LogP contribution < -0.4 is 0 Å². The van der Waals surface area contributed by atoms with E-state index in [-0.39, 0.29) is 36.6 Å². The molecule has 0 aromatic carbocycles. The van der Waals surface area contributed by atoms with E-state index < -0.39 is 34.0 Å². The van der Waals surface area contributed by atoms with Crippen LogP contribution in [0.2, 0.25) is 33.2 Å². The van der Waals surface area contributed by atoms with Gasteiger partial charge < -0.3 is 37.3 Å². The van der Waals surface area contributed by atoms with Crippen molar-refractivity contribution >= 4 is 16.6 Å². The first-order valence-corrected chi connectivity index (χ1v) is 24.5. The fourth-order valence-corrected chi connectivity index (χ4v) is 21.5. The van der Waals surface area contributed by atoms with Gasteiger partial charge in [0, 0.05) is 32.1 Å². The molecule has 0 aliphatic carbocycles.